The predicted molar refractivity (Wildman–Crippen MR) is 66.9 cm³/mol. The number of nitrogens with one attached hydrogen (secondary N) is 2. The molecule has 2 rings (SSSR count). The van der Waals surface area contributed by atoms with E-state index in [1.165, 1.54) is 5.56 Å². The largest absolute Gasteiger partial charge is 0.493 e. The van der Waals surface area contributed by atoms with E-state index in [1.807, 2.05) is 25.3 Å². The summed E-state index contributed by atoms with van der Waals surface area (Å²) in [7, 11) is 1.65. The molecule has 1 aromatic rings. The zero-order chi connectivity index (χ0) is 12.1. The molecule has 4 nitrogen and oxygen atoms in total. The van der Waals surface area contributed by atoms with Crippen molar-refractivity contribution in [2.45, 2.75) is 19.4 Å². The van der Waals surface area contributed by atoms with E-state index < -0.39 is 0 Å². The lowest BCUT2D eigenvalue weighted by Gasteiger charge is -2.22. The van der Waals surface area contributed by atoms with Crippen molar-refractivity contribution in [3.8, 4) is 11.5 Å². The molecule has 0 radical (unpaired) electrons. The summed E-state index contributed by atoms with van der Waals surface area (Å²) in [6.45, 7) is 2.60. The minimum Gasteiger partial charge on any atom is -0.493 e. The van der Waals surface area contributed by atoms with Crippen LogP contribution in [-0.4, -0.2) is 13.7 Å². The molecule has 1 heterocycles. The van der Waals surface area contributed by atoms with E-state index in [2.05, 4.69) is 23.0 Å². The lowest BCUT2D eigenvalue weighted by molar-refractivity contribution is 0.310. The van der Waals surface area contributed by atoms with E-state index >= 15 is 0 Å². The molecule has 0 amide bonds. The molecule has 1 aliphatic rings. The summed E-state index contributed by atoms with van der Waals surface area (Å²) in [5.41, 5.74) is 7.41. The third-order valence-corrected chi connectivity index (χ3v) is 2.72. The van der Waals surface area contributed by atoms with Gasteiger partial charge in [0.05, 0.1) is 19.8 Å². The highest BCUT2D eigenvalue weighted by molar-refractivity contribution is 5.44. The zero-order valence-electron chi connectivity index (χ0n) is 10.2. The van der Waals surface area contributed by atoms with Crippen molar-refractivity contribution in [1.82, 2.24) is 10.9 Å². The number of hydrazine groups is 1. The normalized spacial score (nSPS) is 18.6. The predicted octanol–water partition coefficient (Wildman–Crippen LogP) is 2.15. The number of rotatable bonds is 4. The highest BCUT2D eigenvalue weighted by Gasteiger charge is 2.14. The second-order valence-electron chi connectivity index (χ2n) is 3.82. The molecule has 4 heteroatoms. The molecular weight excluding hydrogens is 216 g/mol. The summed E-state index contributed by atoms with van der Waals surface area (Å²) < 4.78 is 10.8. The number of ether oxygens (including phenoxy) is 2. The van der Waals surface area contributed by atoms with Gasteiger partial charge in [0.1, 0.15) is 0 Å². The first-order valence-corrected chi connectivity index (χ1v) is 5.82. The fourth-order valence-electron chi connectivity index (χ4n) is 1.87. The third kappa shape index (κ3) is 2.71. The molecule has 0 aliphatic carbocycles. The van der Waals surface area contributed by atoms with Gasteiger partial charge < -0.3 is 14.9 Å². The Labute approximate surface area is 102 Å². The third-order valence-electron chi connectivity index (χ3n) is 2.72. The molecule has 17 heavy (non-hydrogen) atoms. The first kappa shape index (κ1) is 11.8. The molecule has 92 valence electrons. The van der Waals surface area contributed by atoms with Gasteiger partial charge in [-0.05, 0) is 31.0 Å². The van der Waals surface area contributed by atoms with Crippen LogP contribution in [0.2, 0.25) is 0 Å². The van der Waals surface area contributed by atoms with E-state index in [4.69, 9.17) is 9.47 Å². The Hall–Kier alpha value is -1.68. The molecular formula is C13H18N2O2. The van der Waals surface area contributed by atoms with Crippen molar-refractivity contribution in [3.63, 3.8) is 0 Å². The van der Waals surface area contributed by atoms with Crippen LogP contribution in [0.15, 0.2) is 30.5 Å². The molecule has 1 aliphatic heterocycles. The maximum absolute atomic E-state index is 5.57. The molecule has 0 saturated carbocycles. The summed E-state index contributed by atoms with van der Waals surface area (Å²) in [4.78, 5) is 0. The van der Waals surface area contributed by atoms with Gasteiger partial charge in [-0.3, -0.25) is 0 Å². The highest BCUT2D eigenvalue weighted by atomic mass is 16.5. The Morgan fingerprint density at radius 3 is 2.88 bits per heavy atom. The van der Waals surface area contributed by atoms with Crippen LogP contribution in [0.5, 0.6) is 11.5 Å². The zero-order valence-corrected chi connectivity index (χ0v) is 10.2. The quantitative estimate of drug-likeness (QED) is 0.837. The summed E-state index contributed by atoms with van der Waals surface area (Å²) in [5, 5.41) is 0. The van der Waals surface area contributed by atoms with Crippen molar-refractivity contribution >= 4 is 0 Å². The Balaban J connectivity index is 2.23. The van der Waals surface area contributed by atoms with Crippen molar-refractivity contribution in [1.29, 1.82) is 0 Å². The summed E-state index contributed by atoms with van der Waals surface area (Å²) >= 11 is 0. The summed E-state index contributed by atoms with van der Waals surface area (Å²) in [5.74, 6) is 1.57. The minimum absolute atomic E-state index is 0.269. The van der Waals surface area contributed by atoms with E-state index in [1.54, 1.807) is 7.11 Å². The van der Waals surface area contributed by atoms with Gasteiger partial charge in [0, 0.05) is 6.20 Å². The van der Waals surface area contributed by atoms with Gasteiger partial charge in [-0.25, -0.2) is 5.43 Å². The van der Waals surface area contributed by atoms with Crippen LogP contribution in [0.25, 0.3) is 0 Å². The molecule has 0 spiro atoms. The molecule has 0 saturated heterocycles. The minimum atomic E-state index is 0.269. The fourth-order valence-corrected chi connectivity index (χ4v) is 1.87. The van der Waals surface area contributed by atoms with E-state index in [0.717, 1.165) is 17.9 Å². The van der Waals surface area contributed by atoms with Gasteiger partial charge in [0.25, 0.3) is 0 Å². The summed E-state index contributed by atoms with van der Waals surface area (Å²) in [6.07, 6.45) is 4.97. The van der Waals surface area contributed by atoms with Crippen LogP contribution in [0.4, 0.5) is 0 Å². The number of benzene rings is 1. The molecule has 1 unspecified atom stereocenters. The maximum atomic E-state index is 5.57. The number of hydrogen-bond donors (Lipinski definition) is 2. The monoisotopic (exact) mass is 234 g/mol. The summed E-state index contributed by atoms with van der Waals surface area (Å²) in [6, 6.07) is 6.30. The fraction of sp³-hybridized carbons (Fsp3) is 0.385. The Bertz CT molecular complexity index is 404. The van der Waals surface area contributed by atoms with Crippen LogP contribution in [0.3, 0.4) is 0 Å². The number of hydrogen-bond acceptors (Lipinski definition) is 4. The SMILES string of the molecule is CCOc1cc(C2CC=CNN2)ccc1OC. The smallest absolute Gasteiger partial charge is 0.161 e. The van der Waals surface area contributed by atoms with Crippen LogP contribution in [0.1, 0.15) is 24.9 Å². The van der Waals surface area contributed by atoms with Crippen molar-refractivity contribution in [2.24, 2.45) is 0 Å². The average molecular weight is 234 g/mol. The molecule has 0 bridgehead atoms. The van der Waals surface area contributed by atoms with Gasteiger partial charge in [0.2, 0.25) is 0 Å². The second kappa shape index (κ2) is 5.59. The van der Waals surface area contributed by atoms with Crippen molar-refractivity contribution in [2.75, 3.05) is 13.7 Å². The first-order valence-electron chi connectivity index (χ1n) is 5.82. The molecule has 0 aromatic heterocycles. The maximum Gasteiger partial charge on any atom is 0.161 e. The standard InChI is InChI=1S/C13H18N2O2/c1-3-17-13-9-10(6-7-12(13)16-2)11-5-4-8-14-15-11/h4,6-9,11,14-15H,3,5H2,1-2H3. The Morgan fingerprint density at radius 1 is 1.35 bits per heavy atom. The lowest BCUT2D eigenvalue weighted by atomic mass is 10.0. The topological polar surface area (TPSA) is 42.5 Å². The lowest BCUT2D eigenvalue weighted by Crippen LogP contribution is -2.33. The van der Waals surface area contributed by atoms with E-state index in [9.17, 15) is 0 Å². The van der Waals surface area contributed by atoms with Crippen LogP contribution in [0, 0.1) is 0 Å². The Kier molecular flexibility index (Phi) is 3.88. The molecule has 2 N–H and O–H groups in total. The second-order valence-corrected chi connectivity index (χ2v) is 3.82. The van der Waals surface area contributed by atoms with Crippen LogP contribution in [-0.2, 0) is 0 Å². The number of methoxy groups -OCH3 is 1. The molecule has 0 fully saturated rings. The first-order chi connectivity index (χ1) is 8.35. The van der Waals surface area contributed by atoms with Crippen molar-refractivity contribution in [3.05, 3.63) is 36.0 Å². The Morgan fingerprint density at radius 2 is 2.24 bits per heavy atom. The van der Waals surface area contributed by atoms with Gasteiger partial charge in [-0.15, -0.1) is 0 Å². The van der Waals surface area contributed by atoms with E-state index in [-0.39, 0.29) is 6.04 Å². The van der Waals surface area contributed by atoms with Crippen LogP contribution >= 0.6 is 0 Å². The van der Waals surface area contributed by atoms with Gasteiger partial charge in [-0.1, -0.05) is 12.1 Å². The van der Waals surface area contributed by atoms with Gasteiger partial charge in [-0.2, -0.15) is 0 Å². The van der Waals surface area contributed by atoms with E-state index in [0.29, 0.717) is 6.61 Å². The average Bonchev–Trinajstić information content (AvgIpc) is 2.40. The van der Waals surface area contributed by atoms with Crippen molar-refractivity contribution < 1.29 is 9.47 Å². The van der Waals surface area contributed by atoms with Crippen LogP contribution < -0.4 is 20.3 Å². The van der Waals surface area contributed by atoms with Gasteiger partial charge >= 0.3 is 0 Å². The van der Waals surface area contributed by atoms with Gasteiger partial charge in [0.15, 0.2) is 11.5 Å². The molecule has 1 aromatic carbocycles. The highest BCUT2D eigenvalue weighted by Crippen LogP contribution is 2.31. The molecule has 1 atom stereocenters.